The Morgan fingerprint density at radius 2 is 1.95 bits per heavy atom. The molecule has 2 amide bonds. The lowest BCUT2D eigenvalue weighted by Crippen LogP contribution is -2.42. The zero-order chi connectivity index (χ0) is 15.9. The maximum Gasteiger partial charge on any atom is 0.270 e. The van der Waals surface area contributed by atoms with Gasteiger partial charge in [-0.1, -0.05) is 17.7 Å². The molecule has 1 aromatic carbocycles. The molecule has 5 nitrogen and oxygen atoms in total. The van der Waals surface area contributed by atoms with Crippen molar-refractivity contribution < 1.29 is 9.59 Å². The second kappa shape index (κ2) is 5.65. The normalized spacial score (nSPS) is 16.2. The molecular formula is C16H18ClN3O2. The van der Waals surface area contributed by atoms with E-state index in [1.807, 2.05) is 35.9 Å². The molecule has 1 aliphatic heterocycles. The molecule has 22 heavy (non-hydrogen) atoms. The van der Waals surface area contributed by atoms with Gasteiger partial charge in [0.2, 0.25) is 5.91 Å². The van der Waals surface area contributed by atoms with Crippen LogP contribution in [-0.4, -0.2) is 34.4 Å². The Kier molecular flexibility index (Phi) is 3.83. The van der Waals surface area contributed by atoms with Crippen molar-refractivity contribution in [2.24, 2.45) is 18.7 Å². The van der Waals surface area contributed by atoms with Crippen molar-refractivity contribution in [3.63, 3.8) is 0 Å². The first-order valence-corrected chi connectivity index (χ1v) is 7.69. The number of hydrogen-bond acceptors (Lipinski definition) is 2. The quantitative estimate of drug-likeness (QED) is 0.921. The Morgan fingerprint density at radius 3 is 2.55 bits per heavy atom. The number of likely N-dealkylation sites (tertiary alicyclic amines) is 1. The fourth-order valence-electron chi connectivity index (χ4n) is 3.06. The van der Waals surface area contributed by atoms with E-state index < -0.39 is 0 Å². The van der Waals surface area contributed by atoms with Crippen LogP contribution in [0.15, 0.2) is 24.3 Å². The number of benzene rings is 1. The van der Waals surface area contributed by atoms with Crippen molar-refractivity contribution in [2.75, 3.05) is 13.1 Å². The van der Waals surface area contributed by atoms with Crippen LogP contribution in [0, 0.1) is 5.92 Å². The van der Waals surface area contributed by atoms with E-state index >= 15 is 0 Å². The lowest BCUT2D eigenvalue weighted by atomic mass is 9.96. The number of carbonyl (C=O) groups excluding carboxylic acids is 2. The summed E-state index contributed by atoms with van der Waals surface area (Å²) in [5.41, 5.74) is 6.88. The van der Waals surface area contributed by atoms with E-state index in [0.29, 0.717) is 36.6 Å². The molecule has 1 fully saturated rings. The fraction of sp³-hybridized carbons (Fsp3) is 0.375. The van der Waals surface area contributed by atoms with Gasteiger partial charge in [-0.3, -0.25) is 9.59 Å². The second-order valence-corrected chi connectivity index (χ2v) is 6.14. The van der Waals surface area contributed by atoms with Crippen molar-refractivity contribution in [3.05, 3.63) is 35.0 Å². The van der Waals surface area contributed by atoms with Gasteiger partial charge in [-0.2, -0.15) is 0 Å². The van der Waals surface area contributed by atoms with Gasteiger partial charge in [-0.25, -0.2) is 0 Å². The number of amides is 2. The summed E-state index contributed by atoms with van der Waals surface area (Å²) in [7, 11) is 1.86. The number of aryl methyl sites for hydroxylation is 1. The summed E-state index contributed by atoms with van der Waals surface area (Å²) >= 11 is 6.20. The molecule has 0 spiro atoms. The van der Waals surface area contributed by atoms with Crippen LogP contribution >= 0.6 is 11.6 Å². The molecule has 0 radical (unpaired) electrons. The molecule has 6 heteroatoms. The number of aromatic nitrogens is 1. The maximum atomic E-state index is 12.7. The van der Waals surface area contributed by atoms with Crippen molar-refractivity contribution in [1.29, 1.82) is 0 Å². The first-order valence-electron chi connectivity index (χ1n) is 7.31. The zero-order valence-electron chi connectivity index (χ0n) is 12.4. The molecule has 0 bridgehead atoms. The van der Waals surface area contributed by atoms with Crippen LogP contribution < -0.4 is 5.73 Å². The van der Waals surface area contributed by atoms with E-state index in [0.717, 1.165) is 10.9 Å². The number of nitrogens with zero attached hydrogens (tertiary/aromatic N) is 2. The van der Waals surface area contributed by atoms with Gasteiger partial charge in [-0.15, -0.1) is 0 Å². The van der Waals surface area contributed by atoms with Gasteiger partial charge in [0.05, 0.1) is 0 Å². The SMILES string of the molecule is Cn1c(C(=O)N2CCC(C(N)=O)CC2)cc2c(Cl)cccc21. The van der Waals surface area contributed by atoms with Crippen LogP contribution in [-0.2, 0) is 11.8 Å². The zero-order valence-corrected chi connectivity index (χ0v) is 13.1. The Bertz CT molecular complexity index is 745. The molecule has 116 valence electrons. The minimum Gasteiger partial charge on any atom is -0.369 e. The molecule has 1 saturated heterocycles. The number of rotatable bonds is 2. The standard InChI is InChI=1S/C16H18ClN3O2/c1-19-13-4-2-3-12(17)11(13)9-14(19)16(22)20-7-5-10(6-8-20)15(18)21/h2-4,9-10H,5-8H2,1H3,(H2,18,21). The number of carbonyl (C=O) groups is 2. The second-order valence-electron chi connectivity index (χ2n) is 5.73. The van der Waals surface area contributed by atoms with E-state index in [1.165, 1.54) is 0 Å². The molecule has 1 aliphatic rings. The average Bonchev–Trinajstić information content (AvgIpc) is 2.85. The fourth-order valence-corrected chi connectivity index (χ4v) is 3.28. The summed E-state index contributed by atoms with van der Waals surface area (Å²) in [4.78, 5) is 25.7. The Morgan fingerprint density at radius 1 is 1.27 bits per heavy atom. The smallest absolute Gasteiger partial charge is 0.270 e. The van der Waals surface area contributed by atoms with Crippen molar-refractivity contribution in [3.8, 4) is 0 Å². The first kappa shape index (κ1) is 14.9. The summed E-state index contributed by atoms with van der Waals surface area (Å²) in [6, 6.07) is 7.46. The number of halogens is 1. The van der Waals surface area contributed by atoms with Crippen molar-refractivity contribution in [1.82, 2.24) is 9.47 Å². The Labute approximate surface area is 133 Å². The van der Waals surface area contributed by atoms with Gasteiger partial charge in [0.25, 0.3) is 5.91 Å². The number of nitrogens with two attached hydrogens (primary N) is 1. The average molecular weight is 320 g/mol. The van der Waals surface area contributed by atoms with Gasteiger partial charge in [0, 0.05) is 42.0 Å². The van der Waals surface area contributed by atoms with E-state index in [1.54, 1.807) is 4.90 Å². The summed E-state index contributed by atoms with van der Waals surface area (Å²) in [5, 5.41) is 1.52. The van der Waals surface area contributed by atoms with E-state index in [2.05, 4.69) is 0 Å². The van der Waals surface area contributed by atoms with Gasteiger partial charge < -0.3 is 15.2 Å². The summed E-state index contributed by atoms with van der Waals surface area (Å²) < 4.78 is 1.86. The van der Waals surface area contributed by atoms with Gasteiger partial charge in [0.1, 0.15) is 5.69 Å². The number of primary amides is 1. The molecule has 2 heterocycles. The largest absolute Gasteiger partial charge is 0.369 e. The molecule has 0 saturated carbocycles. The van der Waals surface area contributed by atoms with Crippen LogP contribution in [0.3, 0.4) is 0 Å². The van der Waals surface area contributed by atoms with Gasteiger partial charge >= 0.3 is 0 Å². The van der Waals surface area contributed by atoms with E-state index in [9.17, 15) is 9.59 Å². The molecular weight excluding hydrogens is 302 g/mol. The monoisotopic (exact) mass is 319 g/mol. The first-order chi connectivity index (χ1) is 10.5. The van der Waals surface area contributed by atoms with Crippen molar-refractivity contribution in [2.45, 2.75) is 12.8 Å². The summed E-state index contributed by atoms with van der Waals surface area (Å²) in [5.74, 6) is -0.424. The predicted octanol–water partition coefficient (Wildman–Crippen LogP) is 2.17. The van der Waals surface area contributed by atoms with Crippen molar-refractivity contribution >= 4 is 34.3 Å². The van der Waals surface area contributed by atoms with Crippen LogP contribution in [0.5, 0.6) is 0 Å². The van der Waals surface area contributed by atoms with Gasteiger partial charge in [-0.05, 0) is 31.0 Å². The molecule has 1 aromatic heterocycles. The highest BCUT2D eigenvalue weighted by Crippen LogP contribution is 2.27. The molecule has 2 N–H and O–H groups in total. The predicted molar refractivity (Wildman–Crippen MR) is 85.8 cm³/mol. The molecule has 0 aliphatic carbocycles. The molecule has 2 aromatic rings. The minimum atomic E-state index is -0.275. The van der Waals surface area contributed by atoms with Crippen LogP contribution in [0.1, 0.15) is 23.3 Å². The van der Waals surface area contributed by atoms with E-state index in [-0.39, 0.29) is 17.7 Å². The number of fused-ring (bicyclic) bond motifs is 1. The van der Waals surface area contributed by atoms with E-state index in [4.69, 9.17) is 17.3 Å². The summed E-state index contributed by atoms with van der Waals surface area (Å²) in [6.45, 7) is 1.11. The van der Waals surface area contributed by atoms with Crippen LogP contribution in [0.2, 0.25) is 5.02 Å². The third kappa shape index (κ3) is 2.46. The number of hydrogen-bond donors (Lipinski definition) is 1. The van der Waals surface area contributed by atoms with Gasteiger partial charge in [0.15, 0.2) is 0 Å². The lowest BCUT2D eigenvalue weighted by molar-refractivity contribution is -0.123. The summed E-state index contributed by atoms with van der Waals surface area (Å²) in [6.07, 6.45) is 1.26. The Hall–Kier alpha value is -2.01. The Balaban J connectivity index is 1.86. The number of piperidine rings is 1. The minimum absolute atomic E-state index is 0.0299. The van der Waals surface area contributed by atoms with Crippen LogP contribution in [0.4, 0.5) is 0 Å². The lowest BCUT2D eigenvalue weighted by Gasteiger charge is -2.30. The molecule has 0 atom stereocenters. The van der Waals surface area contributed by atoms with Crippen LogP contribution in [0.25, 0.3) is 10.9 Å². The molecule has 3 rings (SSSR count). The third-order valence-corrected chi connectivity index (χ3v) is 4.77. The maximum absolute atomic E-state index is 12.7. The highest BCUT2D eigenvalue weighted by atomic mass is 35.5. The topological polar surface area (TPSA) is 68.3 Å². The molecule has 0 unspecified atom stereocenters. The highest BCUT2D eigenvalue weighted by Gasteiger charge is 2.28. The highest BCUT2D eigenvalue weighted by molar-refractivity contribution is 6.35. The third-order valence-electron chi connectivity index (χ3n) is 4.44.